The zero-order valence-electron chi connectivity index (χ0n) is 86.8. The van der Waals surface area contributed by atoms with Crippen LogP contribution in [-0.4, -0.2) is 120 Å². The molecule has 0 saturated heterocycles. The zero-order valence-corrected chi connectivity index (χ0v) is 88.4. The number of pyridine rings is 1. The van der Waals surface area contributed by atoms with Crippen LogP contribution in [0.4, 0.5) is 18.0 Å². The number of rotatable bonds is 46. The lowest BCUT2D eigenvalue weighted by Gasteiger charge is -2.14. The van der Waals surface area contributed by atoms with Crippen molar-refractivity contribution in [2.45, 2.75) is 277 Å². The Morgan fingerprint density at radius 2 is 0.486 bits per heavy atom. The molecule has 30 nitrogen and oxygen atoms in total. The van der Waals surface area contributed by atoms with E-state index in [1.54, 1.807) is 39.8 Å². The van der Waals surface area contributed by atoms with E-state index in [2.05, 4.69) is 90.0 Å². The number of hydrogen-bond acceptors (Lipinski definition) is 16. The average Bonchev–Trinajstić information content (AvgIpc) is 1.03. The van der Waals surface area contributed by atoms with Gasteiger partial charge in [0.25, 0.3) is 0 Å². The van der Waals surface area contributed by atoms with E-state index in [9.17, 15) is 80.3 Å². The minimum atomic E-state index is -4.92. The number of carbonyl (C=O) groups is 14. The van der Waals surface area contributed by atoms with Gasteiger partial charge in [0, 0.05) is 154 Å². The van der Waals surface area contributed by atoms with Crippen LogP contribution in [0.2, 0.25) is 0 Å². The summed E-state index contributed by atoms with van der Waals surface area (Å²) in [5.74, 6) is -2.46. The number of hydrogen-bond donors (Lipinski definition) is 14. The van der Waals surface area contributed by atoms with Crippen molar-refractivity contribution in [3.05, 3.63) is 204 Å². The predicted molar refractivity (Wildman–Crippen MR) is 545 cm³/mol. The molecule has 0 aliphatic heterocycles. The maximum atomic E-state index is 12.3. The van der Waals surface area contributed by atoms with Gasteiger partial charge in [-0.2, -0.15) is 13.2 Å². The lowest BCUT2D eigenvalue weighted by Crippen LogP contribution is -2.37. The molecule has 0 saturated carbocycles. The first-order valence-electron chi connectivity index (χ1n) is 48.3. The highest BCUT2D eigenvalue weighted by Crippen LogP contribution is 2.20. The Balaban J connectivity index is 0.000000853. The van der Waals surface area contributed by atoms with Crippen molar-refractivity contribution < 1.29 is 85.0 Å². The first-order valence-corrected chi connectivity index (χ1v) is 49.1. The van der Waals surface area contributed by atoms with E-state index in [0.29, 0.717) is 70.9 Å². The van der Waals surface area contributed by atoms with Crippen LogP contribution in [0.1, 0.15) is 258 Å². The number of alkyl carbamates (subject to hydrolysis) is 1. The second kappa shape index (κ2) is 68.9. The molecule has 1 aromatic heterocycles. The number of alkyl halides is 3. The van der Waals surface area contributed by atoms with Gasteiger partial charge in [0.15, 0.2) is 0 Å². The molecule has 0 unspecified atom stereocenters. The van der Waals surface area contributed by atoms with Crippen molar-refractivity contribution in [3.8, 4) is 0 Å². The van der Waals surface area contributed by atoms with Crippen LogP contribution in [0.3, 0.4) is 0 Å². The molecule has 14 amide bonds. The quantitative estimate of drug-likeness (QED) is 0.0158. The van der Waals surface area contributed by atoms with Crippen LogP contribution in [0.15, 0.2) is 132 Å². The molecule has 0 fully saturated rings. The standard InChI is InChI=1S/C26H35N3O4.C20H28F3N3O3.C16H23BrN2O2.C16H24N2O2.C15H23N3O2.C13H26N2O2/c1-18(2)24(30)28-15-22-12-21(13-23(14-22)16-29-25(31)19(3)4)10-11-27-26(32)33-17-20-8-6-5-7-9-20;1-12(2)17(27)25-10-15-7-14(5-6-24-19(29)20(21,22)23)8-16(9-15)11-26-18(28)13(3)4;1-10(2)15(20)18-8-12-5-13(7-14(17)6-12)9-19-16(21)11(3)4;1-11(2)15(19)17-9-13-6-5-7-14(8-13)10-18-16(20)12(3)4;1-10(2)14(19)16-8-12-6-5-7-13(18-12)9-17-15(20)11(3)4;1-10(2)12(16)14-8-6-5-7-9-15-13(17)11(3)4/h5-9,12-14,18-19H,10-11,15-17H2,1-4H3,(H,27,32)(H,28,30)(H,29,31);7-9,12-13H,5-6,10-11H2,1-4H3,(H,24,29)(H,25,27)(H,26,28);5-7,10-11H,8-9H2,1-4H3,(H,18,20)(H,19,21);5-8,11-12H,9-10H2,1-4H3,(H,17,19)(H,18,20);5-7,10-11H,8-9H2,1-4H3,(H,16,19)(H,17,20);10-11H,5-9H2,1-4H3,(H,14,16)(H,15,17). The van der Waals surface area contributed by atoms with Gasteiger partial charge in [-0.1, -0.05) is 285 Å². The van der Waals surface area contributed by atoms with Crippen LogP contribution in [-0.2, 0) is 152 Å². The Hall–Kier alpha value is -12.1. The first kappa shape index (κ1) is 126. The summed E-state index contributed by atoms with van der Waals surface area (Å²) in [6.07, 6.45) is -1.65. The first-order chi connectivity index (χ1) is 65.7. The van der Waals surface area contributed by atoms with Gasteiger partial charge in [-0.15, -0.1) is 0 Å². The predicted octanol–water partition coefficient (Wildman–Crippen LogP) is 14.7. The van der Waals surface area contributed by atoms with Crippen LogP contribution >= 0.6 is 15.9 Å². The Morgan fingerprint density at radius 3 is 0.764 bits per heavy atom. The van der Waals surface area contributed by atoms with E-state index in [1.165, 1.54) is 0 Å². The molecule has 0 atom stereocenters. The van der Waals surface area contributed by atoms with Crippen molar-refractivity contribution in [1.82, 2.24) is 79.4 Å². The lowest BCUT2D eigenvalue weighted by molar-refractivity contribution is -0.173. The fraction of sp³-hybridized carbons (Fsp3) is 0.538. The number of halogens is 4. The molecule has 6 rings (SSSR count). The van der Waals surface area contributed by atoms with Gasteiger partial charge < -0.3 is 79.2 Å². The average molecular weight is 2020 g/mol. The van der Waals surface area contributed by atoms with Crippen molar-refractivity contribution in [2.75, 3.05) is 26.2 Å². The molecule has 0 bridgehead atoms. The third-order valence-corrected chi connectivity index (χ3v) is 20.8. The molecule has 0 spiro atoms. The zero-order chi connectivity index (χ0) is 106. The molecule has 0 radical (unpaired) electrons. The highest BCUT2D eigenvalue weighted by Gasteiger charge is 2.38. The second-order valence-electron chi connectivity index (χ2n) is 37.6. The van der Waals surface area contributed by atoms with Crippen molar-refractivity contribution >= 4 is 98.8 Å². The number of carbonyl (C=O) groups excluding carboxylic acids is 14. The lowest BCUT2D eigenvalue weighted by atomic mass is 10.0. The fourth-order valence-electron chi connectivity index (χ4n) is 11.5. The fourth-order valence-corrected chi connectivity index (χ4v) is 12.1. The molecule has 34 heteroatoms. The summed E-state index contributed by atoms with van der Waals surface area (Å²) >= 11 is 3.46. The van der Waals surface area contributed by atoms with Crippen LogP contribution in [0.25, 0.3) is 0 Å². The Morgan fingerprint density at radius 1 is 0.257 bits per heavy atom. The number of nitrogens with one attached hydrogen (secondary N) is 14. The summed E-state index contributed by atoms with van der Waals surface area (Å²) < 4.78 is 43.1. The van der Waals surface area contributed by atoms with Gasteiger partial charge in [0.2, 0.25) is 70.9 Å². The van der Waals surface area contributed by atoms with Gasteiger partial charge in [0.1, 0.15) is 6.61 Å². The van der Waals surface area contributed by atoms with Crippen LogP contribution in [0.5, 0.6) is 0 Å². The largest absolute Gasteiger partial charge is 0.471 e. The summed E-state index contributed by atoms with van der Waals surface area (Å²) in [7, 11) is 0. The number of unbranched alkanes of at least 4 members (excludes halogenated alkanes) is 2. The van der Waals surface area contributed by atoms with Crippen molar-refractivity contribution in [1.29, 1.82) is 0 Å². The molecule has 776 valence electrons. The molecule has 6 aromatic rings. The maximum Gasteiger partial charge on any atom is 0.471 e. The Labute approximate surface area is 836 Å². The number of benzene rings is 5. The van der Waals surface area contributed by atoms with Gasteiger partial charge in [0.05, 0.1) is 24.5 Å². The minimum Gasteiger partial charge on any atom is -0.445 e. The third-order valence-electron chi connectivity index (χ3n) is 20.3. The topological polar surface area (TPSA) is 430 Å². The molecule has 0 aliphatic rings. The smallest absolute Gasteiger partial charge is 0.445 e. The molecule has 14 N–H and O–H groups in total. The van der Waals surface area contributed by atoms with E-state index in [1.807, 2.05) is 259 Å². The third kappa shape index (κ3) is 58.7. The van der Waals surface area contributed by atoms with Gasteiger partial charge >= 0.3 is 18.2 Å². The monoisotopic (exact) mass is 2020 g/mol. The van der Waals surface area contributed by atoms with E-state index in [-0.39, 0.29) is 175 Å². The van der Waals surface area contributed by atoms with Crippen LogP contribution < -0.4 is 74.4 Å². The molecule has 5 aromatic carbocycles. The van der Waals surface area contributed by atoms with E-state index >= 15 is 0 Å². The van der Waals surface area contributed by atoms with Gasteiger partial charge in [-0.3, -0.25) is 67.3 Å². The SMILES string of the molecule is CC(C)C(=O)NCCCCCNC(=O)C(C)C.CC(C)C(=O)NCc1cc(Br)cc(CNC(=O)C(C)C)c1.CC(C)C(=O)NCc1cc(CCNC(=O)C(F)(F)F)cc(CNC(=O)C(C)C)c1.CC(C)C(=O)NCc1cc(CCNC(=O)OCc2ccccc2)cc(CNC(=O)C(C)C)c1.CC(C)C(=O)NCc1cccc(CNC(=O)C(C)C)c1.CC(C)C(=O)NCc1cccc(CNC(=O)C(C)C)n1. The summed E-state index contributed by atoms with van der Waals surface area (Å²) in [6.45, 7) is 50.4. The molecule has 0 aliphatic carbocycles. The van der Waals surface area contributed by atoms with E-state index < -0.39 is 18.2 Å². The normalized spacial score (nSPS) is 10.9. The summed E-state index contributed by atoms with van der Waals surface area (Å²) in [4.78, 5) is 167. The number of ether oxygens (including phenoxy) is 1. The highest BCUT2D eigenvalue weighted by atomic mass is 79.9. The van der Waals surface area contributed by atoms with Gasteiger partial charge in [-0.05, 0) is 118 Å². The maximum absolute atomic E-state index is 12.3. The molecular formula is C106H159BrF3N15O15. The van der Waals surface area contributed by atoms with Crippen molar-refractivity contribution in [3.63, 3.8) is 0 Å². The highest BCUT2D eigenvalue weighted by molar-refractivity contribution is 9.10. The minimum absolute atomic E-state index is 0.00492. The summed E-state index contributed by atoms with van der Waals surface area (Å²) in [6, 6.07) is 40.2. The molecular weight excluding hydrogens is 1860 g/mol. The van der Waals surface area contributed by atoms with Crippen LogP contribution in [0, 0.1) is 71.0 Å². The number of aromatic nitrogens is 1. The number of amides is 14. The van der Waals surface area contributed by atoms with E-state index in [0.717, 1.165) is 104 Å². The second-order valence-corrected chi connectivity index (χ2v) is 38.6. The number of nitrogens with zero attached hydrogens (tertiary/aromatic N) is 1. The van der Waals surface area contributed by atoms with Crippen molar-refractivity contribution in [2.24, 2.45) is 71.0 Å². The Kier molecular flexibility index (Phi) is 61.9. The Bertz CT molecular complexity index is 4530. The summed E-state index contributed by atoms with van der Waals surface area (Å²) in [5.41, 5.74) is 11.7. The molecule has 140 heavy (non-hydrogen) atoms. The summed E-state index contributed by atoms with van der Waals surface area (Å²) in [5, 5.41) is 39.0. The van der Waals surface area contributed by atoms with E-state index in [4.69, 9.17) is 4.74 Å². The molecule has 1 heterocycles. The van der Waals surface area contributed by atoms with Gasteiger partial charge in [-0.25, -0.2) is 4.79 Å².